The van der Waals surface area contributed by atoms with Crippen LogP contribution < -0.4 is 5.73 Å². The minimum Gasteiger partial charge on any atom is -0.396 e. The van der Waals surface area contributed by atoms with Crippen LogP contribution in [-0.2, 0) is 0 Å². The first-order chi connectivity index (χ1) is 5.34. The topological polar surface area (TPSA) is 46.2 Å². The summed E-state index contributed by atoms with van der Waals surface area (Å²) in [5.41, 5.74) is 7.00. The van der Waals surface area contributed by atoms with Crippen LogP contribution >= 0.6 is 23.7 Å². The van der Waals surface area contributed by atoms with Crippen LogP contribution in [-0.4, -0.2) is 11.7 Å². The standard InChI is InChI=1S/C8H13NOS.ClH/c9-8(2-1-4-10)7-3-5-11-6-7;/h3,5-6,8,10H,1-2,4,9H2;1H/t8-;/m0./s1. The molecule has 1 atom stereocenters. The van der Waals surface area contributed by atoms with Crippen LogP contribution in [0.4, 0.5) is 0 Å². The van der Waals surface area contributed by atoms with Crippen molar-refractivity contribution in [1.29, 1.82) is 0 Å². The molecule has 0 bridgehead atoms. The molecule has 0 amide bonds. The summed E-state index contributed by atoms with van der Waals surface area (Å²) in [5, 5.41) is 12.6. The van der Waals surface area contributed by atoms with Gasteiger partial charge in [0.15, 0.2) is 0 Å². The Labute approximate surface area is 82.8 Å². The zero-order valence-electron chi connectivity index (χ0n) is 6.77. The molecule has 0 aliphatic carbocycles. The lowest BCUT2D eigenvalue weighted by atomic mass is 10.1. The number of hydrogen-bond acceptors (Lipinski definition) is 3. The van der Waals surface area contributed by atoms with Gasteiger partial charge in [0, 0.05) is 12.6 Å². The number of nitrogens with two attached hydrogens (primary N) is 1. The number of aliphatic hydroxyl groups excluding tert-OH is 1. The molecular formula is C8H14ClNOS. The third-order valence-electron chi connectivity index (χ3n) is 1.64. The van der Waals surface area contributed by atoms with E-state index in [1.165, 1.54) is 5.56 Å². The van der Waals surface area contributed by atoms with Gasteiger partial charge < -0.3 is 10.8 Å². The molecule has 0 aliphatic rings. The van der Waals surface area contributed by atoms with E-state index in [9.17, 15) is 0 Å². The Bertz CT molecular complexity index is 191. The van der Waals surface area contributed by atoms with E-state index in [-0.39, 0.29) is 25.1 Å². The van der Waals surface area contributed by atoms with E-state index < -0.39 is 0 Å². The summed E-state index contributed by atoms with van der Waals surface area (Å²) >= 11 is 1.66. The van der Waals surface area contributed by atoms with Crippen LogP contribution in [0.3, 0.4) is 0 Å². The second-order valence-electron chi connectivity index (χ2n) is 2.53. The van der Waals surface area contributed by atoms with Gasteiger partial charge in [0.1, 0.15) is 0 Å². The lowest BCUT2D eigenvalue weighted by molar-refractivity contribution is 0.280. The highest BCUT2D eigenvalue weighted by Crippen LogP contribution is 2.17. The van der Waals surface area contributed by atoms with E-state index >= 15 is 0 Å². The molecule has 1 heterocycles. The Kier molecular flexibility index (Phi) is 6.38. The number of halogens is 1. The lowest BCUT2D eigenvalue weighted by Crippen LogP contribution is -2.09. The second-order valence-corrected chi connectivity index (χ2v) is 3.31. The van der Waals surface area contributed by atoms with E-state index in [1.807, 2.05) is 11.4 Å². The first kappa shape index (κ1) is 11.9. The first-order valence-electron chi connectivity index (χ1n) is 3.73. The maximum Gasteiger partial charge on any atom is 0.0431 e. The quantitative estimate of drug-likeness (QED) is 0.793. The minimum absolute atomic E-state index is 0. The number of aliphatic hydroxyl groups is 1. The summed E-state index contributed by atoms with van der Waals surface area (Å²) in [6.45, 7) is 0.234. The van der Waals surface area contributed by atoms with Crippen LogP contribution in [0.2, 0.25) is 0 Å². The largest absolute Gasteiger partial charge is 0.396 e. The van der Waals surface area contributed by atoms with E-state index in [1.54, 1.807) is 11.3 Å². The predicted octanol–water partition coefficient (Wildman–Crippen LogP) is 1.94. The SMILES string of the molecule is Cl.N[C@@H](CCCO)c1ccsc1. The molecule has 1 aromatic heterocycles. The van der Waals surface area contributed by atoms with E-state index in [2.05, 4.69) is 5.38 Å². The Hall–Kier alpha value is -0.0900. The van der Waals surface area contributed by atoms with Crippen molar-refractivity contribution in [1.82, 2.24) is 0 Å². The summed E-state index contributed by atoms with van der Waals surface area (Å²) in [6, 6.07) is 2.14. The molecule has 0 unspecified atom stereocenters. The van der Waals surface area contributed by atoms with E-state index in [0.717, 1.165) is 12.8 Å². The van der Waals surface area contributed by atoms with Gasteiger partial charge in [0.2, 0.25) is 0 Å². The molecule has 1 aromatic rings. The van der Waals surface area contributed by atoms with Gasteiger partial charge in [-0.15, -0.1) is 12.4 Å². The molecule has 0 fully saturated rings. The molecular weight excluding hydrogens is 194 g/mol. The molecule has 12 heavy (non-hydrogen) atoms. The fourth-order valence-electron chi connectivity index (χ4n) is 0.964. The molecule has 3 N–H and O–H groups in total. The van der Waals surface area contributed by atoms with Gasteiger partial charge in [0.05, 0.1) is 0 Å². The van der Waals surface area contributed by atoms with Crippen molar-refractivity contribution in [3.05, 3.63) is 22.4 Å². The molecule has 2 nitrogen and oxygen atoms in total. The van der Waals surface area contributed by atoms with E-state index in [0.29, 0.717) is 0 Å². The maximum atomic E-state index is 8.56. The van der Waals surface area contributed by atoms with Gasteiger partial charge in [-0.1, -0.05) is 0 Å². The zero-order valence-corrected chi connectivity index (χ0v) is 8.40. The van der Waals surface area contributed by atoms with Crippen LogP contribution in [0.1, 0.15) is 24.4 Å². The van der Waals surface area contributed by atoms with E-state index in [4.69, 9.17) is 10.8 Å². The number of hydrogen-bond donors (Lipinski definition) is 2. The number of rotatable bonds is 4. The second kappa shape index (κ2) is 6.43. The molecule has 0 aromatic carbocycles. The molecule has 1 rings (SSSR count). The predicted molar refractivity (Wildman–Crippen MR) is 54.8 cm³/mol. The van der Waals surface area contributed by atoms with Crippen molar-refractivity contribution in [2.75, 3.05) is 6.61 Å². The summed E-state index contributed by atoms with van der Waals surface area (Å²) in [5.74, 6) is 0. The molecule has 4 heteroatoms. The third-order valence-corrected chi connectivity index (χ3v) is 2.35. The summed E-state index contributed by atoms with van der Waals surface area (Å²) in [7, 11) is 0. The highest BCUT2D eigenvalue weighted by atomic mass is 35.5. The molecule has 0 saturated carbocycles. The molecule has 0 aliphatic heterocycles. The first-order valence-corrected chi connectivity index (χ1v) is 4.67. The van der Waals surface area contributed by atoms with Gasteiger partial charge in [0.25, 0.3) is 0 Å². The third kappa shape index (κ3) is 3.54. The Morgan fingerprint density at radius 1 is 1.58 bits per heavy atom. The van der Waals surface area contributed by atoms with Crippen molar-refractivity contribution in [3.8, 4) is 0 Å². The monoisotopic (exact) mass is 207 g/mol. The Balaban J connectivity index is 0.00000121. The highest BCUT2D eigenvalue weighted by Gasteiger charge is 2.04. The normalized spacial score (nSPS) is 12.2. The molecule has 0 radical (unpaired) electrons. The van der Waals surface area contributed by atoms with Crippen LogP contribution in [0, 0.1) is 0 Å². The summed E-state index contributed by atoms with van der Waals surface area (Å²) in [6.07, 6.45) is 1.66. The maximum absolute atomic E-state index is 8.56. The molecule has 0 saturated heterocycles. The van der Waals surface area contributed by atoms with Crippen molar-refractivity contribution in [2.45, 2.75) is 18.9 Å². The lowest BCUT2D eigenvalue weighted by Gasteiger charge is -2.07. The summed E-state index contributed by atoms with van der Waals surface area (Å²) < 4.78 is 0. The highest BCUT2D eigenvalue weighted by molar-refractivity contribution is 7.07. The van der Waals surface area contributed by atoms with Gasteiger partial charge in [-0.05, 0) is 35.2 Å². The minimum atomic E-state index is 0. The fourth-order valence-corrected chi connectivity index (χ4v) is 1.69. The Morgan fingerprint density at radius 3 is 2.83 bits per heavy atom. The molecule has 70 valence electrons. The van der Waals surface area contributed by atoms with Gasteiger partial charge in [-0.2, -0.15) is 11.3 Å². The van der Waals surface area contributed by atoms with Crippen LogP contribution in [0.15, 0.2) is 16.8 Å². The van der Waals surface area contributed by atoms with Gasteiger partial charge >= 0.3 is 0 Å². The zero-order chi connectivity index (χ0) is 8.10. The fraction of sp³-hybridized carbons (Fsp3) is 0.500. The van der Waals surface area contributed by atoms with Gasteiger partial charge in [-0.25, -0.2) is 0 Å². The number of thiophene rings is 1. The average Bonchev–Trinajstić information content (AvgIpc) is 2.52. The Morgan fingerprint density at radius 2 is 2.33 bits per heavy atom. The van der Waals surface area contributed by atoms with Gasteiger partial charge in [-0.3, -0.25) is 0 Å². The van der Waals surface area contributed by atoms with Crippen molar-refractivity contribution < 1.29 is 5.11 Å². The van der Waals surface area contributed by atoms with Crippen molar-refractivity contribution in [3.63, 3.8) is 0 Å². The van der Waals surface area contributed by atoms with Crippen molar-refractivity contribution >= 4 is 23.7 Å². The van der Waals surface area contributed by atoms with Crippen molar-refractivity contribution in [2.24, 2.45) is 5.73 Å². The van der Waals surface area contributed by atoms with Crippen LogP contribution in [0.25, 0.3) is 0 Å². The van der Waals surface area contributed by atoms with Crippen LogP contribution in [0.5, 0.6) is 0 Å². The summed E-state index contributed by atoms with van der Waals surface area (Å²) in [4.78, 5) is 0. The molecule has 0 spiro atoms. The smallest absolute Gasteiger partial charge is 0.0431 e. The average molecular weight is 208 g/mol.